The Morgan fingerprint density at radius 1 is 0.862 bits per heavy atom. The number of imidazole rings is 1. The normalized spacial score (nSPS) is 15.2. The fraction of sp³-hybridized carbons (Fsp3) is 0.122. The topological polar surface area (TPSA) is 177 Å². The summed E-state index contributed by atoms with van der Waals surface area (Å²) < 4.78 is 30.9. The molecule has 1 aliphatic rings. The number of hydrogen-bond acceptors (Lipinski definition) is 10. The van der Waals surface area contributed by atoms with Crippen molar-refractivity contribution in [2.75, 3.05) is 10.6 Å². The van der Waals surface area contributed by atoms with Gasteiger partial charge < -0.3 is 15.6 Å². The van der Waals surface area contributed by atoms with Gasteiger partial charge in [0, 0.05) is 29.5 Å². The molecule has 14 nitrogen and oxygen atoms in total. The first-order valence-corrected chi connectivity index (χ1v) is 18.4. The van der Waals surface area contributed by atoms with E-state index >= 15 is 0 Å². The lowest BCUT2D eigenvalue weighted by molar-refractivity contribution is 0.562. The van der Waals surface area contributed by atoms with Gasteiger partial charge in [0.05, 0.1) is 45.8 Å². The lowest BCUT2D eigenvalue weighted by Gasteiger charge is -2.33. The molecule has 0 saturated heterocycles. The highest BCUT2D eigenvalue weighted by atomic mass is 35.5. The molecule has 0 spiro atoms. The first-order chi connectivity index (χ1) is 28.2. The molecule has 9 aromatic rings. The Hall–Kier alpha value is -7.33. The highest BCUT2D eigenvalue weighted by Crippen LogP contribution is 2.46. The summed E-state index contributed by atoms with van der Waals surface area (Å²) in [5.74, 6) is -0.102. The van der Waals surface area contributed by atoms with Crippen LogP contribution in [0.2, 0.25) is 5.02 Å². The van der Waals surface area contributed by atoms with Crippen molar-refractivity contribution in [2.24, 2.45) is 7.05 Å². The molecule has 5 aromatic heterocycles. The van der Waals surface area contributed by atoms with Crippen LogP contribution >= 0.6 is 11.6 Å². The quantitative estimate of drug-likeness (QED) is 0.136. The summed E-state index contributed by atoms with van der Waals surface area (Å²) in [5.41, 5.74) is 3.97. The average molecular weight is 797 g/mol. The van der Waals surface area contributed by atoms with Gasteiger partial charge in [-0.1, -0.05) is 54.1 Å². The molecule has 0 amide bonds. The van der Waals surface area contributed by atoms with Gasteiger partial charge in [-0.15, -0.1) is 0 Å². The minimum atomic E-state index is -0.535. The summed E-state index contributed by atoms with van der Waals surface area (Å²) in [6.07, 6.45) is 4.47. The van der Waals surface area contributed by atoms with Gasteiger partial charge >= 0.3 is 0 Å². The predicted octanol–water partition coefficient (Wildman–Crippen LogP) is 7.11. The summed E-state index contributed by atoms with van der Waals surface area (Å²) in [4.78, 5) is 45.8. The Morgan fingerprint density at radius 3 is 2.45 bits per heavy atom. The molecule has 288 valence electrons. The monoisotopic (exact) mass is 796 g/mol. The van der Waals surface area contributed by atoms with Crippen LogP contribution in [0.15, 0.2) is 120 Å². The number of benzene rings is 4. The van der Waals surface area contributed by atoms with E-state index in [1.165, 1.54) is 36.9 Å². The molecule has 3 atom stereocenters. The van der Waals surface area contributed by atoms with Crippen LogP contribution in [0, 0.1) is 11.6 Å². The van der Waals surface area contributed by atoms with Crippen LogP contribution in [0.4, 0.5) is 20.3 Å². The van der Waals surface area contributed by atoms with E-state index in [-0.39, 0.29) is 22.8 Å². The van der Waals surface area contributed by atoms with Gasteiger partial charge in [0.15, 0.2) is 11.5 Å². The maximum absolute atomic E-state index is 14.1. The van der Waals surface area contributed by atoms with E-state index in [1.54, 1.807) is 40.8 Å². The predicted molar refractivity (Wildman–Crippen MR) is 216 cm³/mol. The van der Waals surface area contributed by atoms with E-state index in [4.69, 9.17) is 11.6 Å². The number of nitrogens with one attached hydrogen (secondary N) is 4. The molecule has 1 aliphatic heterocycles. The van der Waals surface area contributed by atoms with Gasteiger partial charge in [-0.25, -0.2) is 33.8 Å². The number of fused-ring (bicyclic) bond motifs is 2. The maximum atomic E-state index is 14.1. The third kappa shape index (κ3) is 6.38. The number of halogens is 3. The van der Waals surface area contributed by atoms with Crippen molar-refractivity contribution in [3.05, 3.63) is 170 Å². The van der Waals surface area contributed by atoms with Gasteiger partial charge in [-0.05, 0) is 66.4 Å². The molecule has 0 bridgehead atoms. The second-order valence-electron chi connectivity index (χ2n) is 13.6. The fourth-order valence-corrected chi connectivity index (χ4v) is 7.76. The first kappa shape index (κ1) is 36.3. The van der Waals surface area contributed by atoms with Gasteiger partial charge in [0.25, 0.3) is 11.1 Å². The number of H-pyrrole nitrogens is 2. The van der Waals surface area contributed by atoms with E-state index in [9.17, 15) is 18.4 Å². The molecule has 4 aromatic carbocycles. The van der Waals surface area contributed by atoms with Crippen molar-refractivity contribution < 1.29 is 8.78 Å². The van der Waals surface area contributed by atoms with Gasteiger partial charge in [-0.2, -0.15) is 10.2 Å². The van der Waals surface area contributed by atoms with E-state index < -0.39 is 23.3 Å². The number of aromatic amines is 2. The van der Waals surface area contributed by atoms with Gasteiger partial charge in [0.1, 0.15) is 35.6 Å². The third-order valence-corrected chi connectivity index (χ3v) is 10.4. The Labute approximate surface area is 331 Å². The van der Waals surface area contributed by atoms with Crippen molar-refractivity contribution in [1.82, 2.24) is 49.5 Å². The Morgan fingerprint density at radius 2 is 1.67 bits per heavy atom. The number of para-hydroxylation sites is 1. The molecule has 0 aliphatic carbocycles. The van der Waals surface area contributed by atoms with E-state index in [0.29, 0.717) is 50.0 Å². The number of aryl methyl sites for hydroxylation is 1. The SMILES string of the molecule is CC(Nc1ncnc2nc[nH]c12)c1cc2cccc(Cl)c2c(=O)n1-c1ccccc1.Cn1ncnc1[C@H]1c2n[nH]c(=O)c3cc(F)cc(c23)N[C@@H]1c1ccc(F)cc1. The number of nitrogens with zero attached hydrogens (tertiary/aromatic N) is 8. The van der Waals surface area contributed by atoms with Crippen molar-refractivity contribution >= 4 is 55.8 Å². The van der Waals surface area contributed by atoms with Crippen LogP contribution in [-0.4, -0.2) is 49.5 Å². The highest BCUT2D eigenvalue weighted by molar-refractivity contribution is 6.35. The summed E-state index contributed by atoms with van der Waals surface area (Å²) in [6, 6.07) is 24.9. The van der Waals surface area contributed by atoms with Crippen molar-refractivity contribution in [1.29, 1.82) is 0 Å². The summed E-state index contributed by atoms with van der Waals surface area (Å²) in [5, 5.41) is 20.0. The van der Waals surface area contributed by atoms with E-state index in [2.05, 4.69) is 50.8 Å². The van der Waals surface area contributed by atoms with Gasteiger partial charge in [0.2, 0.25) is 0 Å². The fourth-order valence-electron chi connectivity index (χ4n) is 7.50. The Kier molecular flexibility index (Phi) is 9.16. The van der Waals surface area contributed by atoms with Crippen LogP contribution in [0.5, 0.6) is 0 Å². The summed E-state index contributed by atoms with van der Waals surface area (Å²) in [6.45, 7) is 1.98. The molecule has 0 saturated carbocycles. The minimum absolute atomic E-state index is 0.165. The number of anilines is 2. The standard InChI is InChI=1S/C22H17ClN6O.C19H14F2N6O/c1-13(28-21-19-20(25-11-24-19)26-12-27-21)17-10-14-6-5-9-16(23)18(14)22(30)29(17)15-7-3-2-4-8-15;1-27-18(22-8-23-27)15-16(9-2-4-10(20)5-3-9)24-13-7-11(21)6-12-14(13)17(15)25-26-19(12)28/h2-13H,1H3,(H2,24,25,26,27,28);2-8,15-16,24H,1H3,(H,26,28)/t;15-,16-/m.1/s1. The zero-order chi connectivity index (χ0) is 40.1. The molecule has 58 heavy (non-hydrogen) atoms. The molecule has 0 radical (unpaired) electrons. The third-order valence-electron chi connectivity index (χ3n) is 10.1. The van der Waals surface area contributed by atoms with Crippen molar-refractivity contribution in [3.8, 4) is 5.69 Å². The molecule has 1 unspecified atom stereocenters. The largest absolute Gasteiger partial charge is 0.376 e. The van der Waals surface area contributed by atoms with Gasteiger partial charge in [-0.3, -0.25) is 18.8 Å². The number of pyridine rings is 1. The van der Waals surface area contributed by atoms with Crippen LogP contribution in [0.1, 0.15) is 47.7 Å². The summed E-state index contributed by atoms with van der Waals surface area (Å²) >= 11 is 6.38. The molecule has 0 fully saturated rings. The number of rotatable bonds is 6. The first-order valence-electron chi connectivity index (χ1n) is 18.0. The average Bonchev–Trinajstić information content (AvgIpc) is 3.89. The van der Waals surface area contributed by atoms with Crippen LogP contribution in [-0.2, 0) is 7.05 Å². The summed E-state index contributed by atoms with van der Waals surface area (Å²) in [7, 11) is 1.76. The second-order valence-corrected chi connectivity index (χ2v) is 14.1. The van der Waals surface area contributed by atoms with E-state index in [0.717, 1.165) is 22.3 Å². The molecular weight excluding hydrogens is 766 g/mol. The lowest BCUT2D eigenvalue weighted by Crippen LogP contribution is -2.30. The zero-order valence-corrected chi connectivity index (χ0v) is 31.4. The van der Waals surface area contributed by atoms with Crippen LogP contribution in [0.3, 0.4) is 0 Å². The molecule has 10 rings (SSSR count). The smallest absolute Gasteiger partial charge is 0.272 e. The second kappa shape index (κ2) is 14.6. The van der Waals surface area contributed by atoms with Crippen LogP contribution < -0.4 is 21.8 Å². The lowest BCUT2D eigenvalue weighted by atomic mass is 9.83. The number of hydrogen-bond donors (Lipinski definition) is 4. The van der Waals surface area contributed by atoms with Crippen LogP contribution in [0.25, 0.3) is 38.4 Å². The Bertz CT molecular complexity index is 3110. The molecular formula is C41H31ClF2N12O2. The zero-order valence-electron chi connectivity index (χ0n) is 30.7. The van der Waals surface area contributed by atoms with Crippen molar-refractivity contribution in [2.45, 2.75) is 24.9 Å². The molecule has 6 heterocycles. The minimum Gasteiger partial charge on any atom is -0.376 e. The Balaban J connectivity index is 0.000000151. The van der Waals surface area contributed by atoms with E-state index in [1.807, 2.05) is 55.5 Å². The number of aromatic nitrogens is 10. The highest BCUT2D eigenvalue weighted by Gasteiger charge is 2.37. The maximum Gasteiger partial charge on any atom is 0.272 e. The molecule has 4 N–H and O–H groups in total. The molecule has 17 heteroatoms. The van der Waals surface area contributed by atoms with Crippen molar-refractivity contribution in [3.63, 3.8) is 0 Å².